The number of carbonyl (C=O) groups excluding carboxylic acids is 1. The van der Waals surface area contributed by atoms with Crippen LogP contribution in [0.3, 0.4) is 0 Å². The molecular formula is C28H27FN2O2. The monoisotopic (exact) mass is 442 g/mol. The van der Waals surface area contributed by atoms with E-state index in [1.54, 1.807) is 12.1 Å². The maximum atomic E-state index is 13.4. The predicted octanol–water partition coefficient (Wildman–Crippen LogP) is 6.06. The van der Waals surface area contributed by atoms with Crippen LogP contribution in [0.15, 0.2) is 90.0 Å². The summed E-state index contributed by atoms with van der Waals surface area (Å²) in [6.45, 7) is 0.967. The van der Waals surface area contributed by atoms with Gasteiger partial charge in [0.15, 0.2) is 0 Å². The van der Waals surface area contributed by atoms with Gasteiger partial charge in [-0.25, -0.2) is 4.39 Å². The van der Waals surface area contributed by atoms with Gasteiger partial charge in [0, 0.05) is 17.8 Å². The van der Waals surface area contributed by atoms with Gasteiger partial charge in [-0.1, -0.05) is 42.5 Å². The highest BCUT2D eigenvalue weighted by Crippen LogP contribution is 2.37. The molecule has 168 valence electrons. The van der Waals surface area contributed by atoms with Crippen molar-refractivity contribution in [2.45, 2.75) is 45.0 Å². The molecule has 1 amide bonds. The van der Waals surface area contributed by atoms with E-state index in [0.717, 1.165) is 53.8 Å². The fourth-order valence-electron chi connectivity index (χ4n) is 4.61. The van der Waals surface area contributed by atoms with Crippen LogP contribution >= 0.6 is 0 Å². The van der Waals surface area contributed by atoms with Crippen molar-refractivity contribution in [1.29, 1.82) is 0 Å². The van der Waals surface area contributed by atoms with Crippen LogP contribution in [0, 0.1) is 5.82 Å². The molecule has 0 saturated heterocycles. The fourth-order valence-corrected chi connectivity index (χ4v) is 4.61. The largest absolute Gasteiger partial charge is 0.489 e. The van der Waals surface area contributed by atoms with E-state index in [-0.39, 0.29) is 17.9 Å². The first kappa shape index (κ1) is 21.3. The quantitative estimate of drug-likeness (QED) is 0.484. The molecule has 3 aromatic rings. The second kappa shape index (κ2) is 9.49. The zero-order valence-corrected chi connectivity index (χ0v) is 18.5. The van der Waals surface area contributed by atoms with Gasteiger partial charge in [0.2, 0.25) is 0 Å². The van der Waals surface area contributed by atoms with Crippen molar-refractivity contribution in [1.82, 2.24) is 4.90 Å². The van der Waals surface area contributed by atoms with Crippen LogP contribution in [0.25, 0.3) is 0 Å². The minimum atomic E-state index is -0.270. The number of rotatable bonds is 7. The molecule has 2 aliphatic rings. The molecule has 0 bridgehead atoms. The highest BCUT2D eigenvalue weighted by molar-refractivity contribution is 5.98. The molecule has 1 aliphatic carbocycles. The number of hydrogen-bond donors (Lipinski definition) is 1. The lowest BCUT2D eigenvalue weighted by Crippen LogP contribution is -2.40. The van der Waals surface area contributed by atoms with Crippen LogP contribution in [0.2, 0.25) is 0 Å². The molecule has 0 spiro atoms. The number of carbonyl (C=O) groups is 1. The number of hydrogen-bond acceptors (Lipinski definition) is 3. The first-order chi connectivity index (χ1) is 16.2. The smallest absolute Gasteiger partial charge is 0.252 e. The molecule has 1 atom stereocenters. The Morgan fingerprint density at radius 1 is 0.879 bits per heavy atom. The van der Waals surface area contributed by atoms with Crippen molar-refractivity contribution in [3.63, 3.8) is 0 Å². The van der Waals surface area contributed by atoms with Crippen molar-refractivity contribution in [2.75, 3.05) is 5.32 Å². The number of anilines is 1. The molecule has 5 heteroatoms. The van der Waals surface area contributed by atoms with Crippen LogP contribution in [0.5, 0.6) is 5.75 Å². The predicted molar refractivity (Wildman–Crippen MR) is 127 cm³/mol. The molecule has 4 nitrogen and oxygen atoms in total. The molecule has 33 heavy (non-hydrogen) atoms. The van der Waals surface area contributed by atoms with E-state index in [1.807, 2.05) is 59.5 Å². The number of benzene rings is 3. The van der Waals surface area contributed by atoms with Crippen molar-refractivity contribution in [3.05, 3.63) is 107 Å². The molecule has 0 saturated carbocycles. The Labute approximate surface area is 193 Å². The molecular weight excluding hydrogens is 415 g/mol. The fraction of sp³-hybridized carbons (Fsp3) is 0.250. The van der Waals surface area contributed by atoms with Gasteiger partial charge in [0.25, 0.3) is 5.91 Å². The Hall–Kier alpha value is -3.60. The summed E-state index contributed by atoms with van der Waals surface area (Å²) < 4.78 is 19.3. The van der Waals surface area contributed by atoms with Gasteiger partial charge in [-0.15, -0.1) is 0 Å². The van der Waals surface area contributed by atoms with Gasteiger partial charge in [-0.05, 0) is 78.8 Å². The molecule has 5 rings (SSSR count). The average molecular weight is 443 g/mol. The maximum absolute atomic E-state index is 13.4. The molecule has 1 N–H and O–H groups in total. The van der Waals surface area contributed by atoms with E-state index in [9.17, 15) is 9.18 Å². The van der Waals surface area contributed by atoms with Crippen LogP contribution in [0.4, 0.5) is 10.1 Å². The molecule has 0 aromatic heterocycles. The summed E-state index contributed by atoms with van der Waals surface area (Å²) in [4.78, 5) is 15.1. The molecule has 3 aromatic carbocycles. The lowest BCUT2D eigenvalue weighted by Gasteiger charge is -2.29. The highest BCUT2D eigenvalue weighted by atomic mass is 19.1. The summed E-state index contributed by atoms with van der Waals surface area (Å²) in [5.41, 5.74) is 5.11. The minimum Gasteiger partial charge on any atom is -0.489 e. The maximum Gasteiger partial charge on any atom is 0.252 e. The van der Waals surface area contributed by atoms with Crippen molar-refractivity contribution in [2.24, 2.45) is 0 Å². The Morgan fingerprint density at radius 2 is 1.61 bits per heavy atom. The summed E-state index contributed by atoms with van der Waals surface area (Å²) >= 11 is 0. The Balaban J connectivity index is 1.31. The summed E-state index contributed by atoms with van der Waals surface area (Å²) in [5, 5.41) is 3.57. The number of amides is 1. The third-order valence-electron chi connectivity index (χ3n) is 6.34. The van der Waals surface area contributed by atoms with E-state index >= 15 is 0 Å². The topological polar surface area (TPSA) is 41.6 Å². The van der Waals surface area contributed by atoms with Gasteiger partial charge < -0.3 is 15.0 Å². The van der Waals surface area contributed by atoms with Gasteiger partial charge in [0.05, 0.1) is 0 Å². The number of ether oxygens (including phenoxy) is 1. The van der Waals surface area contributed by atoms with Gasteiger partial charge in [-0.2, -0.15) is 0 Å². The zero-order chi connectivity index (χ0) is 22.6. The van der Waals surface area contributed by atoms with E-state index < -0.39 is 0 Å². The average Bonchev–Trinajstić information content (AvgIpc) is 3.12. The lowest BCUT2D eigenvalue weighted by atomic mass is 9.92. The molecule has 0 unspecified atom stereocenters. The second-order valence-corrected chi connectivity index (χ2v) is 8.62. The standard InChI is InChI=1S/C28H27FN2O2/c29-22-12-10-20(11-13-22)18-31-27(25-8-4-5-9-26(25)28(31)32)30-23-14-16-24(17-15-23)33-19-21-6-2-1-3-7-21/h1-3,6-7,10-17,27,30H,4-5,8-9,18-19H2/t27-/m0/s1. The number of nitrogens with one attached hydrogen (secondary N) is 1. The number of halogens is 1. The SMILES string of the molecule is O=C1C2=C(CCCC2)[C@@H](Nc2ccc(OCc3ccccc3)cc2)N1Cc1ccc(F)cc1. The Kier molecular flexibility index (Phi) is 6.11. The summed E-state index contributed by atoms with van der Waals surface area (Å²) in [7, 11) is 0. The van der Waals surface area contributed by atoms with Gasteiger partial charge in [-0.3, -0.25) is 4.79 Å². The van der Waals surface area contributed by atoms with E-state index in [0.29, 0.717) is 13.2 Å². The normalized spacial score (nSPS) is 17.8. The highest BCUT2D eigenvalue weighted by Gasteiger charge is 2.39. The summed E-state index contributed by atoms with van der Waals surface area (Å²) in [6, 6.07) is 24.3. The van der Waals surface area contributed by atoms with Crippen LogP contribution in [-0.4, -0.2) is 17.0 Å². The summed E-state index contributed by atoms with van der Waals surface area (Å²) in [5.74, 6) is 0.621. The molecule has 1 heterocycles. The third-order valence-corrected chi connectivity index (χ3v) is 6.34. The van der Waals surface area contributed by atoms with Crippen molar-refractivity contribution < 1.29 is 13.9 Å². The Bertz CT molecular complexity index is 1140. The molecule has 1 aliphatic heterocycles. The van der Waals surface area contributed by atoms with E-state index in [2.05, 4.69) is 5.32 Å². The molecule has 0 radical (unpaired) electrons. The number of nitrogens with zero attached hydrogens (tertiary/aromatic N) is 1. The lowest BCUT2D eigenvalue weighted by molar-refractivity contribution is -0.127. The van der Waals surface area contributed by atoms with Crippen molar-refractivity contribution in [3.8, 4) is 5.75 Å². The van der Waals surface area contributed by atoms with Crippen molar-refractivity contribution >= 4 is 11.6 Å². The minimum absolute atomic E-state index is 0.0920. The van der Waals surface area contributed by atoms with Crippen LogP contribution < -0.4 is 10.1 Å². The van der Waals surface area contributed by atoms with E-state index in [4.69, 9.17) is 4.74 Å². The van der Waals surface area contributed by atoms with Gasteiger partial charge in [0.1, 0.15) is 24.3 Å². The zero-order valence-electron chi connectivity index (χ0n) is 18.5. The first-order valence-electron chi connectivity index (χ1n) is 11.5. The Morgan fingerprint density at radius 3 is 2.36 bits per heavy atom. The van der Waals surface area contributed by atoms with Gasteiger partial charge >= 0.3 is 0 Å². The summed E-state index contributed by atoms with van der Waals surface area (Å²) in [6.07, 6.45) is 3.72. The van der Waals surface area contributed by atoms with Crippen LogP contribution in [0.1, 0.15) is 36.8 Å². The van der Waals surface area contributed by atoms with Crippen LogP contribution in [-0.2, 0) is 17.9 Å². The third kappa shape index (κ3) is 4.77. The first-order valence-corrected chi connectivity index (χ1v) is 11.5. The second-order valence-electron chi connectivity index (χ2n) is 8.62. The molecule has 0 fully saturated rings. The van der Waals surface area contributed by atoms with E-state index in [1.165, 1.54) is 17.7 Å².